The molecule has 1 aliphatic rings. The minimum absolute atomic E-state index is 0.0433. The van der Waals surface area contributed by atoms with Crippen LogP contribution in [0.25, 0.3) is 6.08 Å². The van der Waals surface area contributed by atoms with Crippen molar-refractivity contribution >= 4 is 63.9 Å². The van der Waals surface area contributed by atoms with Gasteiger partial charge in [0.25, 0.3) is 5.56 Å². The number of aromatic nitrogens is 1. The molecule has 0 spiro atoms. The average Bonchev–Trinajstić information content (AvgIpc) is 3.41. The zero-order chi connectivity index (χ0) is 25.3. The van der Waals surface area contributed by atoms with Crippen molar-refractivity contribution in [3.8, 4) is 5.75 Å². The standard InChI is InChI=1S/C23H18Cl2N2O6S2/c1-3-32-22(31)18-11(2)26-23-27(19(18)15-5-4-6-34-15)21(30)16(35-23)9-12-7-13(24)20(14(25)8-12)33-10-17(28)29/h4-9,19H,3,10H2,1-2H3,(H,28,29)/b16-9-/t19-/m0/s1. The SMILES string of the molecule is CCOC(=O)C1=C(C)N=c2s/c(=C\c3cc(Cl)c(OCC(=O)O)c(Cl)c3)c(=O)n2[C@H]1c1cccs1. The van der Waals surface area contributed by atoms with Crippen LogP contribution in [0, 0.1) is 0 Å². The lowest BCUT2D eigenvalue weighted by atomic mass is 10.0. The van der Waals surface area contributed by atoms with Crippen molar-refractivity contribution in [2.24, 2.45) is 4.99 Å². The maximum Gasteiger partial charge on any atom is 0.341 e. The molecular formula is C23H18Cl2N2O6S2. The van der Waals surface area contributed by atoms with Crippen molar-refractivity contribution in [1.82, 2.24) is 4.57 Å². The molecule has 1 atom stereocenters. The Balaban J connectivity index is 1.84. The first-order valence-electron chi connectivity index (χ1n) is 10.3. The summed E-state index contributed by atoms with van der Waals surface area (Å²) >= 11 is 15.1. The molecule has 4 rings (SSSR count). The van der Waals surface area contributed by atoms with E-state index in [2.05, 4.69) is 4.99 Å². The molecule has 2 aromatic heterocycles. The predicted octanol–water partition coefficient (Wildman–Crippen LogP) is 3.63. The highest BCUT2D eigenvalue weighted by molar-refractivity contribution is 7.10. The fourth-order valence-corrected chi connectivity index (χ4v) is 6.08. The summed E-state index contributed by atoms with van der Waals surface area (Å²) in [6.07, 6.45) is 1.61. The van der Waals surface area contributed by atoms with Gasteiger partial charge < -0.3 is 14.6 Å². The van der Waals surface area contributed by atoms with Gasteiger partial charge in [-0.2, -0.15) is 0 Å². The van der Waals surface area contributed by atoms with Gasteiger partial charge in [0.2, 0.25) is 0 Å². The van der Waals surface area contributed by atoms with E-state index in [0.717, 1.165) is 4.88 Å². The van der Waals surface area contributed by atoms with E-state index in [9.17, 15) is 14.4 Å². The van der Waals surface area contributed by atoms with E-state index in [1.54, 1.807) is 19.9 Å². The Hall–Kier alpha value is -2.92. The molecule has 0 unspecified atom stereocenters. The molecule has 0 fully saturated rings. The minimum atomic E-state index is -1.17. The van der Waals surface area contributed by atoms with Crippen LogP contribution in [0.15, 0.2) is 50.7 Å². The van der Waals surface area contributed by atoms with Gasteiger partial charge in [-0.05, 0) is 49.1 Å². The summed E-state index contributed by atoms with van der Waals surface area (Å²) in [5, 5.41) is 10.9. The van der Waals surface area contributed by atoms with Gasteiger partial charge in [0, 0.05) is 4.88 Å². The molecular weight excluding hydrogens is 535 g/mol. The number of carbonyl (C=O) groups excluding carboxylic acids is 1. The number of esters is 1. The number of carboxylic acid groups (broad SMARTS) is 1. The van der Waals surface area contributed by atoms with Crippen LogP contribution in [0.2, 0.25) is 10.0 Å². The Labute approximate surface area is 217 Å². The molecule has 0 saturated carbocycles. The topological polar surface area (TPSA) is 107 Å². The van der Waals surface area contributed by atoms with Crippen LogP contribution >= 0.6 is 45.9 Å². The lowest BCUT2D eigenvalue weighted by Crippen LogP contribution is -2.39. The number of hydrogen-bond acceptors (Lipinski definition) is 8. The minimum Gasteiger partial charge on any atom is -0.479 e. The van der Waals surface area contributed by atoms with Gasteiger partial charge in [0.15, 0.2) is 17.2 Å². The lowest BCUT2D eigenvalue weighted by Gasteiger charge is -2.23. The van der Waals surface area contributed by atoms with Crippen LogP contribution in [0.3, 0.4) is 0 Å². The zero-order valence-corrected chi connectivity index (χ0v) is 21.6. The van der Waals surface area contributed by atoms with Crippen molar-refractivity contribution < 1.29 is 24.2 Å². The first-order chi connectivity index (χ1) is 16.7. The molecule has 35 heavy (non-hydrogen) atoms. The summed E-state index contributed by atoms with van der Waals surface area (Å²) in [7, 11) is 0. The Kier molecular flexibility index (Phi) is 7.46. The second-order valence-electron chi connectivity index (χ2n) is 7.31. The van der Waals surface area contributed by atoms with Crippen molar-refractivity contribution in [3.63, 3.8) is 0 Å². The van der Waals surface area contributed by atoms with Crippen LogP contribution < -0.4 is 19.6 Å². The number of carboxylic acids is 1. The summed E-state index contributed by atoms with van der Waals surface area (Å²) in [6.45, 7) is 3.05. The monoisotopic (exact) mass is 552 g/mol. The van der Waals surface area contributed by atoms with Gasteiger partial charge in [0.1, 0.15) is 6.04 Å². The third-order valence-corrected chi connectivity index (χ3v) is 7.46. The predicted molar refractivity (Wildman–Crippen MR) is 134 cm³/mol. The van der Waals surface area contributed by atoms with E-state index in [1.807, 2.05) is 17.5 Å². The first kappa shape index (κ1) is 25.2. The normalized spacial score (nSPS) is 15.5. The van der Waals surface area contributed by atoms with Crippen LogP contribution in [0.1, 0.15) is 30.3 Å². The molecule has 0 saturated heterocycles. The van der Waals surface area contributed by atoms with Crippen molar-refractivity contribution in [2.45, 2.75) is 19.9 Å². The molecule has 0 radical (unpaired) electrons. The number of hydrogen-bond donors (Lipinski definition) is 1. The van der Waals surface area contributed by atoms with Gasteiger partial charge in [-0.1, -0.05) is 40.6 Å². The molecule has 0 amide bonds. The van der Waals surface area contributed by atoms with Gasteiger partial charge in [-0.25, -0.2) is 14.6 Å². The second kappa shape index (κ2) is 10.4. The maximum absolute atomic E-state index is 13.5. The number of fused-ring (bicyclic) bond motifs is 1. The number of carbonyl (C=O) groups is 2. The van der Waals surface area contributed by atoms with Gasteiger partial charge >= 0.3 is 11.9 Å². The van der Waals surface area contributed by atoms with Crippen molar-refractivity contribution in [3.05, 3.63) is 81.1 Å². The first-order valence-corrected chi connectivity index (χ1v) is 12.7. The summed E-state index contributed by atoms with van der Waals surface area (Å²) in [5.41, 5.74) is 0.988. The van der Waals surface area contributed by atoms with E-state index in [1.165, 1.54) is 39.4 Å². The van der Waals surface area contributed by atoms with E-state index in [4.69, 9.17) is 37.8 Å². The number of rotatable bonds is 7. The number of halogens is 2. The molecule has 3 heterocycles. The summed E-state index contributed by atoms with van der Waals surface area (Å²) in [4.78, 5) is 42.9. The molecule has 0 aliphatic carbocycles. The van der Waals surface area contributed by atoms with E-state index in [0.29, 0.717) is 26.2 Å². The molecule has 1 aliphatic heterocycles. The van der Waals surface area contributed by atoms with Crippen molar-refractivity contribution in [1.29, 1.82) is 0 Å². The van der Waals surface area contributed by atoms with E-state index >= 15 is 0 Å². The second-order valence-corrected chi connectivity index (χ2v) is 10.1. The number of benzene rings is 1. The number of ether oxygens (including phenoxy) is 2. The lowest BCUT2D eigenvalue weighted by molar-refractivity contribution is -0.140. The number of allylic oxidation sites excluding steroid dienone is 1. The smallest absolute Gasteiger partial charge is 0.341 e. The molecule has 3 aromatic rings. The van der Waals surface area contributed by atoms with Crippen LogP contribution in [0.4, 0.5) is 0 Å². The Morgan fingerprint density at radius 2 is 2.00 bits per heavy atom. The number of aliphatic carboxylic acids is 1. The highest BCUT2D eigenvalue weighted by Crippen LogP contribution is 2.35. The average molecular weight is 553 g/mol. The summed E-state index contributed by atoms with van der Waals surface area (Å²) in [5.74, 6) is -1.64. The third kappa shape index (κ3) is 5.06. The largest absolute Gasteiger partial charge is 0.479 e. The molecule has 8 nitrogen and oxygen atoms in total. The summed E-state index contributed by atoms with van der Waals surface area (Å²) < 4.78 is 12.3. The molecule has 12 heteroatoms. The van der Waals surface area contributed by atoms with Gasteiger partial charge in [0.05, 0.1) is 32.5 Å². The fourth-order valence-electron chi connectivity index (χ4n) is 3.59. The Morgan fingerprint density at radius 1 is 1.29 bits per heavy atom. The van der Waals surface area contributed by atoms with E-state index in [-0.39, 0.29) is 28.0 Å². The zero-order valence-electron chi connectivity index (χ0n) is 18.4. The van der Waals surface area contributed by atoms with Crippen LogP contribution in [-0.4, -0.2) is 34.8 Å². The van der Waals surface area contributed by atoms with Crippen molar-refractivity contribution in [2.75, 3.05) is 13.2 Å². The number of thiazole rings is 1. The Morgan fingerprint density at radius 3 is 2.60 bits per heavy atom. The molecule has 182 valence electrons. The molecule has 0 bridgehead atoms. The quantitative estimate of drug-likeness (QED) is 0.448. The molecule has 1 N–H and O–H groups in total. The fraction of sp³-hybridized carbons (Fsp3) is 0.217. The third-order valence-electron chi connectivity index (χ3n) is 4.99. The van der Waals surface area contributed by atoms with Crippen LogP contribution in [-0.2, 0) is 14.3 Å². The van der Waals surface area contributed by atoms with E-state index < -0.39 is 24.6 Å². The highest BCUT2D eigenvalue weighted by atomic mass is 35.5. The highest BCUT2D eigenvalue weighted by Gasteiger charge is 2.33. The number of nitrogens with zero attached hydrogens (tertiary/aromatic N) is 2. The molecule has 1 aromatic carbocycles. The van der Waals surface area contributed by atoms with Crippen LogP contribution in [0.5, 0.6) is 5.75 Å². The maximum atomic E-state index is 13.5. The Bertz CT molecular complexity index is 1500. The summed E-state index contributed by atoms with van der Waals surface area (Å²) in [6, 6.07) is 6.10. The van der Waals surface area contributed by atoms with Gasteiger partial charge in [-0.15, -0.1) is 11.3 Å². The van der Waals surface area contributed by atoms with Gasteiger partial charge in [-0.3, -0.25) is 9.36 Å². The number of thiophene rings is 1.